The van der Waals surface area contributed by atoms with Gasteiger partial charge < -0.3 is 14.7 Å². The molecule has 0 unspecified atom stereocenters. The van der Waals surface area contributed by atoms with Crippen molar-refractivity contribution < 1.29 is 19.4 Å². The van der Waals surface area contributed by atoms with Crippen LogP contribution in [0.2, 0.25) is 0 Å². The van der Waals surface area contributed by atoms with Crippen LogP contribution in [-0.4, -0.2) is 24.2 Å². The number of ether oxygens (including phenoxy) is 1. The molecule has 0 aliphatic carbocycles. The summed E-state index contributed by atoms with van der Waals surface area (Å²) in [5.74, 6) is -0.203. The van der Waals surface area contributed by atoms with Crippen molar-refractivity contribution in [2.45, 2.75) is 6.92 Å². The maximum absolute atomic E-state index is 12.7. The molecular formula is C18H15NO4S2. The Balaban J connectivity index is 1.99. The molecule has 0 aliphatic heterocycles. The maximum Gasteiger partial charge on any atom is 0.512 e. The van der Waals surface area contributed by atoms with Gasteiger partial charge in [-0.2, -0.15) is 0 Å². The summed E-state index contributed by atoms with van der Waals surface area (Å²) < 4.78 is 4.90. The lowest BCUT2D eigenvalue weighted by molar-refractivity contribution is 0.0995. The average Bonchev–Trinajstić information content (AvgIpc) is 3.20. The van der Waals surface area contributed by atoms with Gasteiger partial charge in [-0.3, -0.25) is 4.79 Å². The fraction of sp³-hybridized carbons (Fsp3) is 0.111. The fourth-order valence-electron chi connectivity index (χ4n) is 2.31. The number of hydrogen-bond acceptors (Lipinski definition) is 5. The highest BCUT2D eigenvalue weighted by Crippen LogP contribution is 2.43. The van der Waals surface area contributed by atoms with E-state index < -0.39 is 6.16 Å². The zero-order valence-electron chi connectivity index (χ0n) is 13.6. The van der Waals surface area contributed by atoms with Crippen LogP contribution in [0.15, 0.2) is 47.8 Å². The summed E-state index contributed by atoms with van der Waals surface area (Å²) in [6.45, 7) is 1.92. The third kappa shape index (κ3) is 3.72. The third-order valence-corrected chi connectivity index (χ3v) is 5.61. The predicted octanol–water partition coefficient (Wildman–Crippen LogP) is 5.12. The lowest BCUT2D eigenvalue weighted by Crippen LogP contribution is -2.25. The van der Waals surface area contributed by atoms with Crippen LogP contribution in [0.3, 0.4) is 0 Å². The second kappa shape index (κ2) is 7.08. The molecule has 0 aliphatic rings. The van der Waals surface area contributed by atoms with Crippen LogP contribution < -0.4 is 9.64 Å². The number of carboxylic acid groups (broad SMARTS) is 1. The zero-order chi connectivity index (χ0) is 18.0. The molecule has 0 saturated heterocycles. The third-order valence-electron chi connectivity index (χ3n) is 3.53. The quantitative estimate of drug-likeness (QED) is 0.645. The minimum absolute atomic E-state index is 0.176. The Bertz CT molecular complexity index is 914. The van der Waals surface area contributed by atoms with Gasteiger partial charge in [0.2, 0.25) is 5.06 Å². The average molecular weight is 373 g/mol. The number of anilines is 1. The molecule has 25 heavy (non-hydrogen) atoms. The summed E-state index contributed by atoms with van der Waals surface area (Å²) in [5.41, 5.74) is 2.38. The monoisotopic (exact) mass is 373 g/mol. The molecule has 1 amide bonds. The summed E-state index contributed by atoms with van der Waals surface area (Å²) in [6.07, 6.45) is -1.41. The molecule has 0 saturated carbocycles. The van der Waals surface area contributed by atoms with Gasteiger partial charge >= 0.3 is 6.16 Å². The first kappa shape index (κ1) is 17.2. The number of nitrogens with zero attached hydrogens (tertiary/aromatic N) is 1. The number of carbonyl (C=O) groups is 2. The first-order chi connectivity index (χ1) is 12.0. The molecule has 0 fully saturated rings. The Hall–Kier alpha value is -2.64. The normalized spacial score (nSPS) is 10.5. The Morgan fingerprint density at radius 1 is 1.16 bits per heavy atom. The highest BCUT2D eigenvalue weighted by atomic mass is 32.1. The number of rotatable bonds is 4. The maximum atomic E-state index is 12.7. The van der Waals surface area contributed by atoms with E-state index in [4.69, 9.17) is 9.84 Å². The molecule has 1 aromatic carbocycles. The Morgan fingerprint density at radius 3 is 2.48 bits per heavy atom. The number of amides is 1. The van der Waals surface area contributed by atoms with Gasteiger partial charge in [0.1, 0.15) is 0 Å². The lowest BCUT2D eigenvalue weighted by Gasteiger charge is -2.15. The molecule has 7 heteroatoms. The van der Waals surface area contributed by atoms with E-state index in [-0.39, 0.29) is 11.0 Å². The van der Waals surface area contributed by atoms with E-state index in [0.717, 1.165) is 16.0 Å². The van der Waals surface area contributed by atoms with Gasteiger partial charge in [-0.05, 0) is 35.6 Å². The van der Waals surface area contributed by atoms with Crippen LogP contribution in [0.4, 0.5) is 10.5 Å². The standard InChI is InChI=1S/C18H15NO4S2/c1-11-8-15(24-10-11)16(20)19(2)13-9-14(12-6-4-3-5-7-12)25-17(13)23-18(21)22/h3-10H,1-2H3,(H,21,22). The molecule has 3 aromatic rings. The van der Waals surface area contributed by atoms with E-state index >= 15 is 0 Å². The van der Waals surface area contributed by atoms with Crippen LogP contribution in [0.1, 0.15) is 15.2 Å². The van der Waals surface area contributed by atoms with Gasteiger partial charge in [0, 0.05) is 11.9 Å². The van der Waals surface area contributed by atoms with Crippen molar-refractivity contribution in [3.05, 3.63) is 58.3 Å². The SMILES string of the molecule is Cc1csc(C(=O)N(C)c2cc(-c3ccccc3)sc2OC(=O)O)c1. The molecule has 128 valence electrons. The second-order valence-corrected chi connectivity index (χ2v) is 7.30. The Kier molecular flexibility index (Phi) is 4.87. The first-order valence-electron chi connectivity index (χ1n) is 7.39. The van der Waals surface area contributed by atoms with Gasteiger partial charge in [0.25, 0.3) is 5.91 Å². The number of hydrogen-bond donors (Lipinski definition) is 1. The summed E-state index contributed by atoms with van der Waals surface area (Å²) in [6, 6.07) is 13.1. The van der Waals surface area contributed by atoms with Crippen molar-refractivity contribution in [1.82, 2.24) is 0 Å². The molecule has 5 nitrogen and oxygen atoms in total. The molecule has 2 aromatic heterocycles. The zero-order valence-corrected chi connectivity index (χ0v) is 15.2. The van der Waals surface area contributed by atoms with Crippen LogP contribution in [0.5, 0.6) is 5.06 Å². The number of carbonyl (C=O) groups excluding carboxylic acids is 1. The van der Waals surface area contributed by atoms with Crippen molar-refractivity contribution in [2.24, 2.45) is 0 Å². The molecular weight excluding hydrogens is 358 g/mol. The topological polar surface area (TPSA) is 66.8 Å². The van der Waals surface area contributed by atoms with Gasteiger partial charge in [0.05, 0.1) is 10.6 Å². The van der Waals surface area contributed by atoms with Crippen molar-refractivity contribution in [2.75, 3.05) is 11.9 Å². The van der Waals surface area contributed by atoms with Crippen LogP contribution in [-0.2, 0) is 0 Å². The smallest absolute Gasteiger partial charge is 0.449 e. The number of aryl methyl sites for hydroxylation is 1. The predicted molar refractivity (Wildman–Crippen MR) is 100 cm³/mol. The molecule has 3 rings (SSSR count). The fourth-order valence-corrected chi connectivity index (χ4v) is 4.22. The van der Waals surface area contributed by atoms with Gasteiger partial charge in [0.15, 0.2) is 0 Å². The Morgan fingerprint density at radius 2 is 1.88 bits per heavy atom. The largest absolute Gasteiger partial charge is 0.512 e. The summed E-state index contributed by atoms with van der Waals surface area (Å²) in [7, 11) is 1.61. The van der Waals surface area contributed by atoms with E-state index in [9.17, 15) is 9.59 Å². The Labute approximate surface area is 152 Å². The molecule has 0 bridgehead atoms. The summed E-state index contributed by atoms with van der Waals surface area (Å²) in [5, 5.41) is 11.1. The minimum atomic E-state index is -1.41. The molecule has 2 heterocycles. The van der Waals surface area contributed by atoms with E-state index in [1.165, 1.54) is 27.6 Å². The van der Waals surface area contributed by atoms with Crippen molar-refractivity contribution in [3.8, 4) is 15.5 Å². The van der Waals surface area contributed by atoms with E-state index in [1.807, 2.05) is 48.7 Å². The van der Waals surface area contributed by atoms with E-state index in [2.05, 4.69) is 0 Å². The van der Waals surface area contributed by atoms with Crippen LogP contribution in [0, 0.1) is 6.92 Å². The number of thiophene rings is 2. The molecule has 0 radical (unpaired) electrons. The van der Waals surface area contributed by atoms with Gasteiger partial charge in [-0.15, -0.1) is 11.3 Å². The van der Waals surface area contributed by atoms with Gasteiger partial charge in [-0.25, -0.2) is 4.79 Å². The highest BCUT2D eigenvalue weighted by molar-refractivity contribution is 7.18. The van der Waals surface area contributed by atoms with E-state index in [1.54, 1.807) is 13.1 Å². The summed E-state index contributed by atoms with van der Waals surface area (Å²) in [4.78, 5) is 26.5. The van der Waals surface area contributed by atoms with Crippen molar-refractivity contribution in [1.29, 1.82) is 0 Å². The van der Waals surface area contributed by atoms with E-state index in [0.29, 0.717) is 10.6 Å². The van der Waals surface area contributed by atoms with Crippen LogP contribution >= 0.6 is 22.7 Å². The first-order valence-corrected chi connectivity index (χ1v) is 9.08. The van der Waals surface area contributed by atoms with Crippen molar-refractivity contribution >= 4 is 40.4 Å². The highest BCUT2D eigenvalue weighted by Gasteiger charge is 2.23. The molecule has 1 N–H and O–H groups in total. The lowest BCUT2D eigenvalue weighted by atomic mass is 10.2. The summed E-state index contributed by atoms with van der Waals surface area (Å²) >= 11 is 2.55. The van der Waals surface area contributed by atoms with Crippen LogP contribution in [0.25, 0.3) is 10.4 Å². The number of benzene rings is 1. The molecule has 0 spiro atoms. The minimum Gasteiger partial charge on any atom is -0.449 e. The molecule has 0 atom stereocenters. The second-order valence-electron chi connectivity index (χ2n) is 5.37. The van der Waals surface area contributed by atoms with Gasteiger partial charge in [-0.1, -0.05) is 41.7 Å². The van der Waals surface area contributed by atoms with Crippen molar-refractivity contribution in [3.63, 3.8) is 0 Å².